The van der Waals surface area contributed by atoms with E-state index < -0.39 is 0 Å². The first-order chi connectivity index (χ1) is 1.41. The molecular formula is Cl2LiOZr. The maximum atomic E-state index is 4.26. The van der Waals surface area contributed by atoms with Crippen LogP contribution in [0.2, 0.25) is 0 Å². The summed E-state index contributed by atoms with van der Waals surface area (Å²) in [7, 11) is 0. The van der Waals surface area contributed by atoms with Crippen molar-refractivity contribution >= 4 is 42.6 Å². The van der Waals surface area contributed by atoms with Crippen LogP contribution in [-0.2, 0) is 30.0 Å². The predicted molar refractivity (Wildman–Crippen MR) is 18.5 cm³/mol. The Labute approximate surface area is 72.0 Å². The Morgan fingerprint density at radius 3 is 1.20 bits per heavy atom. The molecule has 0 fully saturated rings. The third-order valence-corrected chi connectivity index (χ3v) is 0. The normalized spacial score (nSPS) is 3.60. The molecule has 0 saturated heterocycles. The molecule has 25 valence electrons. The van der Waals surface area contributed by atoms with Gasteiger partial charge in [-0.25, -0.2) is 0 Å². The third-order valence-electron chi connectivity index (χ3n) is 0. The summed E-state index contributed by atoms with van der Waals surface area (Å²) in [4.78, 5) is 0. The van der Waals surface area contributed by atoms with Crippen molar-refractivity contribution in [3.8, 4) is 0 Å². The number of hydrogen-bond acceptors (Lipinski definition) is 1. The van der Waals surface area contributed by atoms with E-state index in [0.29, 0.717) is 0 Å². The van der Waals surface area contributed by atoms with Gasteiger partial charge in [0.2, 0.25) is 0 Å². The van der Waals surface area contributed by atoms with Crippen molar-refractivity contribution in [2.75, 3.05) is 0 Å². The van der Waals surface area contributed by atoms with Gasteiger partial charge < -0.3 is 0 Å². The third kappa shape index (κ3) is 23.8. The molecule has 1 nitrogen and oxygen atoms in total. The SMILES string of the molecule is ClOCl.[Li].[Zr]. The van der Waals surface area contributed by atoms with E-state index in [1.807, 2.05) is 0 Å². The maximum Gasteiger partial charge on any atom is 0.0832 e. The first kappa shape index (κ1) is 15.7. The van der Waals surface area contributed by atoms with Gasteiger partial charge in [0.1, 0.15) is 0 Å². The van der Waals surface area contributed by atoms with E-state index in [0.717, 1.165) is 0 Å². The topological polar surface area (TPSA) is 9.23 Å². The Balaban J connectivity index is -0.0000000200. The zero-order valence-corrected chi connectivity index (χ0v) is 6.63. The number of halogens is 2. The monoisotopic (exact) mass is 183 g/mol. The minimum atomic E-state index is 0. The van der Waals surface area contributed by atoms with Crippen LogP contribution in [-0.4, -0.2) is 18.9 Å². The molecule has 0 N–H and O–H groups in total. The molecule has 0 amide bonds. The van der Waals surface area contributed by atoms with Crippen LogP contribution in [0.15, 0.2) is 0 Å². The van der Waals surface area contributed by atoms with Gasteiger partial charge in [-0.15, -0.1) is 0 Å². The smallest absolute Gasteiger partial charge is 0.0832 e. The van der Waals surface area contributed by atoms with E-state index >= 15 is 0 Å². The summed E-state index contributed by atoms with van der Waals surface area (Å²) in [5.74, 6) is 0. The van der Waals surface area contributed by atoms with Crippen molar-refractivity contribution in [3.05, 3.63) is 0 Å². The molecule has 0 unspecified atom stereocenters. The zero-order chi connectivity index (χ0) is 2.71. The minimum Gasteiger partial charge on any atom is -0.166 e. The average Bonchev–Trinajstić information content (AvgIpc) is 0.918. The van der Waals surface area contributed by atoms with Crippen LogP contribution in [0.25, 0.3) is 0 Å². The molecule has 0 aliphatic carbocycles. The van der Waals surface area contributed by atoms with Gasteiger partial charge in [0, 0.05) is 45.1 Å². The molecule has 0 aliphatic rings. The van der Waals surface area contributed by atoms with E-state index in [2.05, 4.69) is 27.6 Å². The van der Waals surface area contributed by atoms with Gasteiger partial charge in [-0.3, -0.25) is 0 Å². The van der Waals surface area contributed by atoms with Crippen LogP contribution >= 0.6 is 23.7 Å². The van der Waals surface area contributed by atoms with E-state index in [1.54, 1.807) is 0 Å². The number of hydrogen-bond donors (Lipinski definition) is 0. The first-order valence-corrected chi connectivity index (χ1v) is 0.926. The fourth-order valence-electron chi connectivity index (χ4n) is 0. The Morgan fingerprint density at radius 1 is 1.20 bits per heavy atom. The molecule has 0 aliphatic heterocycles. The largest absolute Gasteiger partial charge is 0.166 e. The van der Waals surface area contributed by atoms with Crippen molar-refractivity contribution in [3.63, 3.8) is 0 Å². The summed E-state index contributed by atoms with van der Waals surface area (Å²) in [5.41, 5.74) is 0. The average molecular weight is 185 g/mol. The molecule has 0 heterocycles. The second kappa shape index (κ2) is 16.6. The van der Waals surface area contributed by atoms with Crippen LogP contribution in [0.1, 0.15) is 0 Å². The first-order valence-electron chi connectivity index (χ1n) is 0.309. The van der Waals surface area contributed by atoms with Crippen LogP contribution in [0.5, 0.6) is 0 Å². The molecule has 0 rings (SSSR count). The molecule has 0 atom stereocenters. The summed E-state index contributed by atoms with van der Waals surface area (Å²) in [6.07, 6.45) is 0. The quantitative estimate of drug-likeness (QED) is 0.510. The van der Waals surface area contributed by atoms with Gasteiger partial charge in [0.05, 0.1) is 23.7 Å². The Bertz CT molecular complexity index is 9.61. The van der Waals surface area contributed by atoms with Gasteiger partial charge >= 0.3 is 0 Å². The van der Waals surface area contributed by atoms with Gasteiger partial charge in [0.15, 0.2) is 0 Å². The van der Waals surface area contributed by atoms with Crippen LogP contribution in [0.4, 0.5) is 0 Å². The van der Waals surface area contributed by atoms with E-state index in [1.165, 1.54) is 0 Å². The van der Waals surface area contributed by atoms with Crippen molar-refractivity contribution in [2.45, 2.75) is 0 Å². The molecule has 1 radical (unpaired) electrons. The second-order valence-electron chi connectivity index (χ2n) is 0.0583. The standard InChI is InChI=1S/Cl2O.Li.Zr/c1-3-2;;. The molecule has 5 heteroatoms. The van der Waals surface area contributed by atoms with Crippen LogP contribution in [0, 0.1) is 0 Å². The van der Waals surface area contributed by atoms with Crippen LogP contribution < -0.4 is 0 Å². The predicted octanol–water partition coefficient (Wildman–Crippen LogP) is 0.927. The minimum absolute atomic E-state index is 0. The number of rotatable bonds is 0. The summed E-state index contributed by atoms with van der Waals surface area (Å²) >= 11 is 8.53. The van der Waals surface area contributed by atoms with Gasteiger partial charge in [-0.1, -0.05) is 0 Å². The summed E-state index contributed by atoms with van der Waals surface area (Å²) in [6.45, 7) is 0. The molecule has 0 saturated carbocycles. The van der Waals surface area contributed by atoms with Crippen molar-refractivity contribution in [1.82, 2.24) is 0 Å². The zero-order valence-electron chi connectivity index (χ0n) is 2.66. The Morgan fingerprint density at radius 2 is 1.20 bits per heavy atom. The van der Waals surface area contributed by atoms with E-state index in [-0.39, 0.29) is 45.1 Å². The second-order valence-corrected chi connectivity index (χ2v) is 0.525. The van der Waals surface area contributed by atoms with Gasteiger partial charge in [-0.2, -0.15) is 3.84 Å². The van der Waals surface area contributed by atoms with E-state index in [4.69, 9.17) is 0 Å². The molecule has 0 aromatic rings. The molecule has 0 spiro atoms. The molecule has 0 aromatic carbocycles. The van der Waals surface area contributed by atoms with Crippen molar-refractivity contribution < 1.29 is 30.0 Å². The molecular weight excluding hydrogens is 185 g/mol. The summed E-state index contributed by atoms with van der Waals surface area (Å²) < 4.78 is 3.19. The van der Waals surface area contributed by atoms with E-state index in [9.17, 15) is 0 Å². The molecule has 5 heavy (non-hydrogen) atoms. The Kier molecular flexibility index (Phi) is 52.4. The molecule has 0 bridgehead atoms. The summed E-state index contributed by atoms with van der Waals surface area (Å²) in [6, 6.07) is 0. The van der Waals surface area contributed by atoms with Gasteiger partial charge in [-0.05, 0) is 0 Å². The fourth-order valence-corrected chi connectivity index (χ4v) is 0. The van der Waals surface area contributed by atoms with Crippen molar-refractivity contribution in [2.24, 2.45) is 0 Å². The van der Waals surface area contributed by atoms with Crippen LogP contribution in [0.3, 0.4) is 0 Å². The van der Waals surface area contributed by atoms with Crippen molar-refractivity contribution in [1.29, 1.82) is 0 Å². The van der Waals surface area contributed by atoms with Gasteiger partial charge in [0.25, 0.3) is 0 Å². The Hall–Kier alpha value is 2.02. The maximum absolute atomic E-state index is 4.26. The molecule has 0 aromatic heterocycles. The fraction of sp³-hybridized carbons (Fsp3) is 0. The summed E-state index contributed by atoms with van der Waals surface area (Å²) in [5, 5.41) is 0.